The Hall–Kier alpha value is -1.27. The van der Waals surface area contributed by atoms with Crippen LogP contribution in [0.5, 0.6) is 5.75 Å². The molecule has 0 amide bonds. The van der Waals surface area contributed by atoms with Crippen molar-refractivity contribution in [2.75, 3.05) is 13.7 Å². The monoisotopic (exact) mass is 277 g/mol. The van der Waals surface area contributed by atoms with Gasteiger partial charge in [0.25, 0.3) is 0 Å². The number of hydrogen-bond donors (Lipinski definition) is 2. The maximum Gasteiger partial charge on any atom is 0.417 e. The Morgan fingerprint density at radius 3 is 2.53 bits per heavy atom. The third kappa shape index (κ3) is 4.40. The van der Waals surface area contributed by atoms with E-state index in [2.05, 4.69) is 5.32 Å². The minimum Gasteiger partial charge on any atom is -0.490 e. The van der Waals surface area contributed by atoms with Crippen LogP contribution in [0.15, 0.2) is 18.2 Å². The van der Waals surface area contributed by atoms with Crippen LogP contribution >= 0.6 is 0 Å². The normalized spacial score (nSPS) is 15.1. The van der Waals surface area contributed by atoms with Gasteiger partial charge in [0.2, 0.25) is 0 Å². The number of aliphatic hydroxyl groups is 1. The highest BCUT2D eigenvalue weighted by Gasteiger charge is 2.38. The third-order valence-corrected chi connectivity index (χ3v) is 2.84. The van der Waals surface area contributed by atoms with E-state index in [9.17, 15) is 13.2 Å². The Kier molecular flexibility index (Phi) is 5.20. The summed E-state index contributed by atoms with van der Waals surface area (Å²) in [6.45, 7) is 2.88. The summed E-state index contributed by atoms with van der Waals surface area (Å²) in [4.78, 5) is 0. The van der Waals surface area contributed by atoms with Crippen molar-refractivity contribution in [1.29, 1.82) is 0 Å². The molecule has 2 N–H and O–H groups in total. The lowest BCUT2D eigenvalue weighted by atomic mass is 10.1. The number of alkyl halides is 3. The molecular weight excluding hydrogens is 259 g/mol. The first-order valence-corrected chi connectivity index (χ1v) is 5.91. The first kappa shape index (κ1) is 15.8. The van der Waals surface area contributed by atoms with Crippen molar-refractivity contribution in [2.24, 2.45) is 0 Å². The molecule has 0 saturated carbocycles. The highest BCUT2D eigenvalue weighted by molar-refractivity contribution is 5.39. The van der Waals surface area contributed by atoms with Gasteiger partial charge in [-0.2, -0.15) is 13.2 Å². The zero-order chi connectivity index (χ0) is 14.6. The van der Waals surface area contributed by atoms with E-state index in [1.807, 2.05) is 19.9 Å². The molecule has 0 aliphatic rings. The molecule has 0 heterocycles. The lowest BCUT2D eigenvalue weighted by molar-refractivity contribution is -0.210. The smallest absolute Gasteiger partial charge is 0.417 e. The van der Waals surface area contributed by atoms with Crippen molar-refractivity contribution in [1.82, 2.24) is 5.32 Å². The molecule has 108 valence electrons. The molecule has 0 aromatic heterocycles. The van der Waals surface area contributed by atoms with Crippen molar-refractivity contribution in [2.45, 2.75) is 32.2 Å². The molecule has 19 heavy (non-hydrogen) atoms. The summed E-state index contributed by atoms with van der Waals surface area (Å²) < 4.78 is 41.8. The average molecular weight is 277 g/mol. The summed E-state index contributed by atoms with van der Waals surface area (Å²) in [5.41, 5.74) is 1.63. The zero-order valence-corrected chi connectivity index (χ0v) is 11.1. The Morgan fingerprint density at radius 1 is 1.37 bits per heavy atom. The maximum absolute atomic E-state index is 12.2. The maximum atomic E-state index is 12.2. The number of halogens is 3. The standard InChI is InChI=1S/C13H18F3NO2/c1-8-4-5-10(9(2)17-3)11(6-8)19-7-12(18)13(14,15)16/h4-6,9,12,17-18H,7H2,1-3H3. The molecule has 2 unspecified atom stereocenters. The molecule has 0 aliphatic carbocycles. The minimum absolute atomic E-state index is 0.0568. The van der Waals surface area contributed by atoms with Gasteiger partial charge in [-0.1, -0.05) is 12.1 Å². The van der Waals surface area contributed by atoms with Crippen molar-refractivity contribution in [3.05, 3.63) is 29.3 Å². The summed E-state index contributed by atoms with van der Waals surface area (Å²) in [6, 6.07) is 5.26. The molecular formula is C13H18F3NO2. The van der Waals surface area contributed by atoms with Gasteiger partial charge in [0.1, 0.15) is 12.4 Å². The van der Waals surface area contributed by atoms with Crippen LogP contribution < -0.4 is 10.1 Å². The number of aryl methyl sites for hydroxylation is 1. The molecule has 0 spiro atoms. The van der Waals surface area contributed by atoms with Crippen LogP contribution in [-0.4, -0.2) is 31.0 Å². The fourth-order valence-corrected chi connectivity index (χ4v) is 1.54. The van der Waals surface area contributed by atoms with Crippen molar-refractivity contribution in [3.63, 3.8) is 0 Å². The van der Waals surface area contributed by atoms with Crippen molar-refractivity contribution in [3.8, 4) is 5.75 Å². The van der Waals surface area contributed by atoms with Crippen molar-refractivity contribution >= 4 is 0 Å². The van der Waals surface area contributed by atoms with Gasteiger partial charge in [-0.05, 0) is 32.5 Å². The van der Waals surface area contributed by atoms with E-state index in [0.717, 1.165) is 11.1 Å². The van der Waals surface area contributed by atoms with Crippen LogP contribution in [0.1, 0.15) is 24.1 Å². The predicted molar refractivity (Wildman–Crippen MR) is 66.2 cm³/mol. The highest BCUT2D eigenvalue weighted by Crippen LogP contribution is 2.27. The van der Waals surface area contributed by atoms with E-state index in [1.54, 1.807) is 19.2 Å². The van der Waals surface area contributed by atoms with Gasteiger partial charge < -0.3 is 15.2 Å². The van der Waals surface area contributed by atoms with Crippen LogP contribution in [0.25, 0.3) is 0 Å². The van der Waals surface area contributed by atoms with Crippen LogP contribution in [0, 0.1) is 6.92 Å². The first-order chi connectivity index (χ1) is 8.75. The second kappa shape index (κ2) is 6.25. The molecule has 0 radical (unpaired) electrons. The van der Waals surface area contributed by atoms with E-state index >= 15 is 0 Å². The minimum atomic E-state index is -4.67. The number of benzene rings is 1. The summed E-state index contributed by atoms with van der Waals surface area (Å²) in [5, 5.41) is 11.9. The van der Waals surface area contributed by atoms with Gasteiger partial charge >= 0.3 is 6.18 Å². The third-order valence-electron chi connectivity index (χ3n) is 2.84. The van der Waals surface area contributed by atoms with E-state index in [4.69, 9.17) is 9.84 Å². The number of nitrogens with one attached hydrogen (secondary N) is 1. The number of hydrogen-bond acceptors (Lipinski definition) is 3. The Morgan fingerprint density at radius 2 is 2.00 bits per heavy atom. The van der Waals surface area contributed by atoms with E-state index in [0.29, 0.717) is 5.75 Å². The second-order valence-electron chi connectivity index (χ2n) is 4.42. The number of ether oxygens (including phenoxy) is 1. The van der Waals surface area contributed by atoms with Gasteiger partial charge in [-0.25, -0.2) is 0 Å². The van der Waals surface area contributed by atoms with Gasteiger partial charge in [-0.3, -0.25) is 0 Å². The lowest BCUT2D eigenvalue weighted by Gasteiger charge is -2.20. The molecule has 3 nitrogen and oxygen atoms in total. The Bertz CT molecular complexity index is 421. The van der Waals surface area contributed by atoms with Gasteiger partial charge in [-0.15, -0.1) is 0 Å². The van der Waals surface area contributed by atoms with Crippen LogP contribution in [-0.2, 0) is 0 Å². The average Bonchev–Trinajstić information content (AvgIpc) is 2.33. The summed E-state index contributed by atoms with van der Waals surface area (Å²) in [5.74, 6) is 0.352. The summed E-state index contributed by atoms with van der Waals surface area (Å²) in [7, 11) is 1.75. The molecule has 2 atom stereocenters. The van der Waals surface area contributed by atoms with Crippen LogP contribution in [0.2, 0.25) is 0 Å². The zero-order valence-electron chi connectivity index (χ0n) is 11.1. The van der Waals surface area contributed by atoms with Crippen molar-refractivity contribution < 1.29 is 23.0 Å². The molecule has 0 aliphatic heterocycles. The van der Waals surface area contributed by atoms with Crippen LogP contribution in [0.3, 0.4) is 0 Å². The van der Waals surface area contributed by atoms with E-state index in [1.165, 1.54) is 0 Å². The SMILES string of the molecule is CNC(C)c1ccc(C)cc1OCC(O)C(F)(F)F. The largest absolute Gasteiger partial charge is 0.490 e. The Balaban J connectivity index is 2.85. The topological polar surface area (TPSA) is 41.5 Å². The summed E-state index contributed by atoms with van der Waals surface area (Å²) in [6.07, 6.45) is -7.15. The molecule has 1 rings (SSSR count). The van der Waals surface area contributed by atoms with E-state index < -0.39 is 18.9 Å². The van der Waals surface area contributed by atoms with Gasteiger partial charge in [0.15, 0.2) is 6.10 Å². The van der Waals surface area contributed by atoms with Crippen LogP contribution in [0.4, 0.5) is 13.2 Å². The number of aliphatic hydroxyl groups excluding tert-OH is 1. The lowest BCUT2D eigenvalue weighted by Crippen LogP contribution is -2.34. The fourth-order valence-electron chi connectivity index (χ4n) is 1.54. The number of rotatable bonds is 5. The second-order valence-corrected chi connectivity index (χ2v) is 4.42. The highest BCUT2D eigenvalue weighted by atomic mass is 19.4. The van der Waals surface area contributed by atoms with Gasteiger partial charge in [0, 0.05) is 11.6 Å². The first-order valence-electron chi connectivity index (χ1n) is 5.91. The molecule has 1 aromatic rings. The Labute approximate surface area is 110 Å². The molecule has 6 heteroatoms. The quantitative estimate of drug-likeness (QED) is 0.869. The summed E-state index contributed by atoms with van der Waals surface area (Å²) >= 11 is 0. The van der Waals surface area contributed by atoms with Gasteiger partial charge in [0.05, 0.1) is 0 Å². The fraction of sp³-hybridized carbons (Fsp3) is 0.538. The molecule has 0 saturated heterocycles. The predicted octanol–water partition coefficient (Wildman–Crippen LogP) is 2.58. The van der Waals surface area contributed by atoms with E-state index in [-0.39, 0.29) is 6.04 Å². The molecule has 0 fully saturated rings. The molecule has 0 bridgehead atoms. The molecule has 1 aromatic carbocycles.